The third-order valence-electron chi connectivity index (χ3n) is 3.04. The minimum absolute atomic E-state index is 0.106. The second kappa shape index (κ2) is 6.38. The van der Waals surface area contributed by atoms with Crippen LogP contribution >= 0.6 is 0 Å². The Bertz CT molecular complexity index is 464. The number of ether oxygens (including phenoxy) is 2. The Hall–Kier alpha value is -1.82. The van der Waals surface area contributed by atoms with Crippen LogP contribution in [0.4, 0.5) is 0 Å². The summed E-state index contributed by atoms with van der Waals surface area (Å²) in [6.45, 7) is 3.72. The molecule has 0 fully saturated rings. The fraction of sp³-hybridized carbons (Fsp3) is 0.538. The number of aliphatic hydroxyl groups excluding tert-OH is 1. The van der Waals surface area contributed by atoms with E-state index < -0.39 is 11.9 Å². The molecule has 19 heavy (non-hydrogen) atoms. The topological polar surface area (TPSA) is 88.6 Å². The largest absolute Gasteiger partial charge is 0.464 e. The van der Waals surface area contributed by atoms with Crippen LogP contribution in [-0.4, -0.2) is 42.9 Å². The number of carbonyl (C=O) groups is 2. The van der Waals surface area contributed by atoms with Crippen molar-refractivity contribution >= 4 is 11.9 Å². The summed E-state index contributed by atoms with van der Waals surface area (Å²) in [7, 11) is 2.51. The van der Waals surface area contributed by atoms with Gasteiger partial charge in [-0.15, -0.1) is 0 Å². The van der Waals surface area contributed by atoms with E-state index >= 15 is 0 Å². The molecule has 0 spiro atoms. The Balaban J connectivity index is 3.30. The molecule has 0 aliphatic heterocycles. The van der Waals surface area contributed by atoms with Crippen LogP contribution in [-0.2, 0) is 9.47 Å². The number of methoxy groups -OCH3 is 2. The zero-order valence-corrected chi connectivity index (χ0v) is 11.5. The Morgan fingerprint density at radius 3 is 2.26 bits per heavy atom. The third kappa shape index (κ3) is 3.14. The summed E-state index contributed by atoms with van der Waals surface area (Å²) in [6, 6.07) is 1.53. The molecule has 1 aromatic heterocycles. The Labute approximate surface area is 111 Å². The first kappa shape index (κ1) is 15.2. The van der Waals surface area contributed by atoms with Crippen molar-refractivity contribution in [2.24, 2.45) is 5.92 Å². The van der Waals surface area contributed by atoms with Gasteiger partial charge in [-0.3, -0.25) is 0 Å². The predicted molar refractivity (Wildman–Crippen MR) is 68.1 cm³/mol. The number of esters is 2. The number of aliphatic hydroxyl groups is 1. The van der Waals surface area contributed by atoms with Crippen molar-refractivity contribution in [1.82, 2.24) is 4.98 Å². The molecule has 0 amide bonds. The molecule has 0 aliphatic carbocycles. The molecule has 6 nitrogen and oxygen atoms in total. The number of aromatic amines is 1. The molecule has 2 N–H and O–H groups in total. The van der Waals surface area contributed by atoms with Crippen LogP contribution in [0.25, 0.3) is 0 Å². The summed E-state index contributed by atoms with van der Waals surface area (Å²) in [6.07, 6.45) is 0. The average molecular weight is 269 g/mol. The van der Waals surface area contributed by atoms with Crippen molar-refractivity contribution in [1.29, 1.82) is 0 Å². The second-order valence-corrected chi connectivity index (χ2v) is 4.53. The quantitative estimate of drug-likeness (QED) is 0.787. The van der Waals surface area contributed by atoms with Crippen LogP contribution in [0.15, 0.2) is 6.07 Å². The van der Waals surface area contributed by atoms with Crippen molar-refractivity contribution in [2.45, 2.75) is 19.8 Å². The van der Waals surface area contributed by atoms with Gasteiger partial charge in [-0.05, 0) is 17.5 Å². The summed E-state index contributed by atoms with van der Waals surface area (Å²) in [5, 5.41) is 9.45. The van der Waals surface area contributed by atoms with Crippen molar-refractivity contribution in [2.75, 3.05) is 20.8 Å². The van der Waals surface area contributed by atoms with E-state index in [9.17, 15) is 14.7 Å². The van der Waals surface area contributed by atoms with E-state index in [1.54, 1.807) is 0 Å². The smallest absolute Gasteiger partial charge is 0.354 e. The molecular weight excluding hydrogens is 250 g/mol. The highest BCUT2D eigenvalue weighted by Crippen LogP contribution is 2.28. The average Bonchev–Trinajstić information content (AvgIpc) is 2.82. The lowest BCUT2D eigenvalue weighted by atomic mass is 9.89. The summed E-state index contributed by atoms with van der Waals surface area (Å²) in [4.78, 5) is 25.9. The number of hydrogen-bond donors (Lipinski definition) is 2. The Morgan fingerprint density at radius 2 is 1.84 bits per heavy atom. The molecule has 0 saturated carbocycles. The van der Waals surface area contributed by atoms with Crippen molar-refractivity contribution in [3.63, 3.8) is 0 Å². The van der Waals surface area contributed by atoms with Gasteiger partial charge in [0, 0.05) is 5.92 Å². The number of rotatable bonds is 5. The highest BCUT2D eigenvalue weighted by molar-refractivity contribution is 5.94. The van der Waals surface area contributed by atoms with Gasteiger partial charge < -0.3 is 19.6 Å². The van der Waals surface area contributed by atoms with Crippen LogP contribution in [0.1, 0.15) is 46.3 Å². The molecule has 0 bridgehead atoms. The molecule has 6 heteroatoms. The second-order valence-electron chi connectivity index (χ2n) is 4.53. The van der Waals surface area contributed by atoms with E-state index in [0.717, 1.165) is 0 Å². The third-order valence-corrected chi connectivity index (χ3v) is 3.04. The van der Waals surface area contributed by atoms with Crippen LogP contribution in [0.2, 0.25) is 0 Å². The van der Waals surface area contributed by atoms with Crippen LogP contribution in [0.5, 0.6) is 0 Å². The van der Waals surface area contributed by atoms with Gasteiger partial charge in [0.1, 0.15) is 11.4 Å². The predicted octanol–water partition coefficient (Wildman–Crippen LogP) is 1.32. The Morgan fingerprint density at radius 1 is 1.26 bits per heavy atom. The highest BCUT2D eigenvalue weighted by atomic mass is 16.5. The van der Waals surface area contributed by atoms with E-state index in [1.807, 2.05) is 13.8 Å². The van der Waals surface area contributed by atoms with Gasteiger partial charge in [0.25, 0.3) is 0 Å². The van der Waals surface area contributed by atoms with Crippen molar-refractivity contribution in [3.05, 3.63) is 23.0 Å². The molecule has 0 aliphatic rings. The van der Waals surface area contributed by atoms with Gasteiger partial charge in [-0.2, -0.15) is 0 Å². The number of H-pyrrole nitrogens is 1. The fourth-order valence-corrected chi connectivity index (χ4v) is 1.92. The monoisotopic (exact) mass is 269 g/mol. The number of nitrogens with one attached hydrogen (secondary N) is 1. The number of aromatic nitrogens is 1. The number of carbonyl (C=O) groups excluding carboxylic acids is 2. The van der Waals surface area contributed by atoms with E-state index in [0.29, 0.717) is 5.56 Å². The van der Waals surface area contributed by atoms with Gasteiger partial charge in [-0.25, -0.2) is 9.59 Å². The standard InChI is InChI=1S/C13H19NO5/c1-7(2)9(6-15)8-5-10(12(16)18-3)14-11(8)13(17)19-4/h5,7,9,14-15H,6H2,1-4H3/t9-/m1/s1. The summed E-state index contributed by atoms with van der Waals surface area (Å²) < 4.78 is 9.28. The van der Waals surface area contributed by atoms with Crippen molar-refractivity contribution < 1.29 is 24.2 Å². The molecule has 1 aromatic rings. The Kier molecular flexibility index (Phi) is 5.11. The van der Waals surface area contributed by atoms with Crippen LogP contribution < -0.4 is 0 Å². The summed E-state index contributed by atoms with van der Waals surface area (Å²) in [5.41, 5.74) is 0.900. The number of hydrogen-bond acceptors (Lipinski definition) is 5. The first-order valence-corrected chi connectivity index (χ1v) is 5.96. The first-order chi connectivity index (χ1) is 8.96. The normalized spacial score (nSPS) is 12.3. The van der Waals surface area contributed by atoms with Gasteiger partial charge in [-0.1, -0.05) is 13.8 Å². The highest BCUT2D eigenvalue weighted by Gasteiger charge is 2.26. The zero-order chi connectivity index (χ0) is 14.6. The van der Waals surface area contributed by atoms with E-state index in [1.165, 1.54) is 20.3 Å². The van der Waals surface area contributed by atoms with Gasteiger partial charge in [0.05, 0.1) is 20.8 Å². The van der Waals surface area contributed by atoms with Gasteiger partial charge in [0.2, 0.25) is 0 Å². The van der Waals surface area contributed by atoms with Gasteiger partial charge >= 0.3 is 11.9 Å². The maximum absolute atomic E-state index is 11.7. The zero-order valence-electron chi connectivity index (χ0n) is 11.5. The van der Waals surface area contributed by atoms with Crippen molar-refractivity contribution in [3.8, 4) is 0 Å². The fourth-order valence-electron chi connectivity index (χ4n) is 1.92. The van der Waals surface area contributed by atoms with E-state index in [-0.39, 0.29) is 29.8 Å². The van der Waals surface area contributed by atoms with Gasteiger partial charge in [0.15, 0.2) is 0 Å². The minimum atomic E-state index is -0.579. The minimum Gasteiger partial charge on any atom is -0.464 e. The molecule has 106 valence electrons. The van der Waals surface area contributed by atoms with Crippen LogP contribution in [0, 0.1) is 5.92 Å². The SMILES string of the molecule is COC(=O)c1cc([C@H](CO)C(C)C)c(C(=O)OC)[nH]1. The molecule has 1 heterocycles. The lowest BCUT2D eigenvalue weighted by Crippen LogP contribution is -2.15. The molecule has 0 radical (unpaired) electrons. The lowest BCUT2D eigenvalue weighted by Gasteiger charge is -2.18. The van der Waals surface area contributed by atoms with E-state index in [2.05, 4.69) is 14.5 Å². The molecule has 0 saturated heterocycles. The maximum atomic E-state index is 11.7. The molecule has 1 atom stereocenters. The molecule has 0 aromatic carbocycles. The maximum Gasteiger partial charge on any atom is 0.354 e. The molecular formula is C13H19NO5. The lowest BCUT2D eigenvalue weighted by molar-refractivity contribution is 0.0589. The first-order valence-electron chi connectivity index (χ1n) is 5.96. The summed E-state index contributed by atoms with van der Waals surface area (Å²) in [5.74, 6) is -1.31. The molecule has 0 unspecified atom stereocenters. The summed E-state index contributed by atoms with van der Waals surface area (Å²) >= 11 is 0. The van der Waals surface area contributed by atoms with Crippen LogP contribution in [0.3, 0.4) is 0 Å². The molecule has 1 rings (SSSR count). The van der Waals surface area contributed by atoms with E-state index in [4.69, 9.17) is 0 Å².